The summed E-state index contributed by atoms with van der Waals surface area (Å²) in [5.74, 6) is -0.120. The number of fused-ring (bicyclic) bond motifs is 1. The van der Waals surface area contributed by atoms with Crippen LogP contribution in [0.1, 0.15) is 15.9 Å². The number of hydrogen-bond donors (Lipinski definition) is 1. The number of hydrogen-bond acceptors (Lipinski definition) is 2. The molecule has 0 radical (unpaired) electrons. The molecule has 0 aliphatic rings. The Balaban J connectivity index is 1.88. The van der Waals surface area contributed by atoms with Gasteiger partial charge in [-0.25, -0.2) is 4.98 Å². The van der Waals surface area contributed by atoms with Gasteiger partial charge in [0.15, 0.2) is 0 Å². The van der Waals surface area contributed by atoms with Gasteiger partial charge in [-0.3, -0.25) is 4.79 Å². The predicted molar refractivity (Wildman–Crippen MR) is 87.0 cm³/mol. The van der Waals surface area contributed by atoms with Crippen molar-refractivity contribution in [2.24, 2.45) is 0 Å². The Kier molecular flexibility index (Phi) is 3.43. The molecule has 3 rings (SSSR count). The topological polar surface area (TPSA) is 46.4 Å². The first kappa shape index (κ1) is 13.1. The van der Waals surface area contributed by atoms with Crippen molar-refractivity contribution in [3.63, 3.8) is 0 Å². The Bertz CT molecular complexity index is 795. The SMILES string of the molecule is Cc1cc(I)ccc1NC(=O)c1ccc2nccn2c1. The van der Waals surface area contributed by atoms with E-state index in [0.717, 1.165) is 20.5 Å². The van der Waals surface area contributed by atoms with Crippen LogP contribution in [-0.2, 0) is 0 Å². The number of nitrogens with zero attached hydrogens (tertiary/aromatic N) is 2. The van der Waals surface area contributed by atoms with Crippen molar-refractivity contribution in [3.05, 3.63) is 63.6 Å². The Morgan fingerprint density at radius 1 is 1.30 bits per heavy atom. The fourth-order valence-corrected chi connectivity index (χ4v) is 2.66. The first-order valence-corrected chi connectivity index (χ1v) is 7.21. The zero-order chi connectivity index (χ0) is 14.1. The molecule has 4 nitrogen and oxygen atoms in total. The Hall–Kier alpha value is -1.89. The van der Waals surface area contributed by atoms with Crippen LogP contribution in [0.15, 0.2) is 48.9 Å². The zero-order valence-corrected chi connectivity index (χ0v) is 13.0. The monoisotopic (exact) mass is 377 g/mol. The van der Waals surface area contributed by atoms with E-state index in [4.69, 9.17) is 0 Å². The van der Waals surface area contributed by atoms with Crippen molar-refractivity contribution in [1.82, 2.24) is 9.38 Å². The van der Waals surface area contributed by atoms with Crippen molar-refractivity contribution in [2.45, 2.75) is 6.92 Å². The van der Waals surface area contributed by atoms with Gasteiger partial charge in [0, 0.05) is 27.8 Å². The summed E-state index contributed by atoms with van der Waals surface area (Å²) in [5.41, 5.74) is 3.32. The van der Waals surface area contributed by atoms with Gasteiger partial charge < -0.3 is 9.72 Å². The Morgan fingerprint density at radius 2 is 2.15 bits per heavy atom. The van der Waals surface area contributed by atoms with Gasteiger partial charge >= 0.3 is 0 Å². The summed E-state index contributed by atoms with van der Waals surface area (Å²) in [6, 6.07) is 9.54. The summed E-state index contributed by atoms with van der Waals surface area (Å²) in [7, 11) is 0. The van der Waals surface area contributed by atoms with Gasteiger partial charge in [-0.05, 0) is 65.4 Å². The number of rotatable bonds is 2. The highest BCUT2D eigenvalue weighted by Crippen LogP contribution is 2.18. The van der Waals surface area contributed by atoms with E-state index in [-0.39, 0.29) is 5.91 Å². The number of aryl methyl sites for hydroxylation is 1. The van der Waals surface area contributed by atoms with Gasteiger partial charge in [0.25, 0.3) is 5.91 Å². The van der Waals surface area contributed by atoms with Crippen LogP contribution in [0, 0.1) is 10.5 Å². The maximum Gasteiger partial charge on any atom is 0.257 e. The minimum absolute atomic E-state index is 0.120. The lowest BCUT2D eigenvalue weighted by atomic mass is 10.2. The van der Waals surface area contributed by atoms with E-state index < -0.39 is 0 Å². The number of amides is 1. The number of aromatic nitrogens is 2. The fourth-order valence-electron chi connectivity index (χ4n) is 2.02. The number of pyridine rings is 1. The molecule has 0 saturated heterocycles. The van der Waals surface area contributed by atoms with Crippen molar-refractivity contribution in [1.29, 1.82) is 0 Å². The molecule has 5 heteroatoms. The number of benzene rings is 1. The van der Waals surface area contributed by atoms with Crippen molar-refractivity contribution in [2.75, 3.05) is 5.32 Å². The van der Waals surface area contributed by atoms with Crippen LogP contribution >= 0.6 is 22.6 Å². The van der Waals surface area contributed by atoms with Gasteiger partial charge in [0.1, 0.15) is 5.65 Å². The molecule has 0 unspecified atom stereocenters. The average molecular weight is 377 g/mol. The summed E-state index contributed by atoms with van der Waals surface area (Å²) in [6.45, 7) is 1.98. The molecule has 0 bridgehead atoms. The van der Waals surface area contributed by atoms with Gasteiger partial charge in [0.05, 0.1) is 5.56 Å². The number of imidazole rings is 1. The zero-order valence-electron chi connectivity index (χ0n) is 10.8. The van der Waals surface area contributed by atoms with E-state index in [1.807, 2.05) is 41.8 Å². The number of carbonyl (C=O) groups is 1. The second kappa shape index (κ2) is 5.24. The number of halogens is 1. The summed E-state index contributed by atoms with van der Waals surface area (Å²) in [5, 5.41) is 2.93. The van der Waals surface area contributed by atoms with Crippen LogP contribution in [0.4, 0.5) is 5.69 Å². The number of carbonyl (C=O) groups excluding carboxylic acids is 1. The Labute approximate surface area is 130 Å². The Morgan fingerprint density at radius 3 is 2.95 bits per heavy atom. The molecule has 1 N–H and O–H groups in total. The van der Waals surface area contributed by atoms with E-state index in [1.54, 1.807) is 18.5 Å². The lowest BCUT2D eigenvalue weighted by molar-refractivity contribution is 0.102. The van der Waals surface area contributed by atoms with Crippen molar-refractivity contribution >= 4 is 39.8 Å². The third-order valence-corrected chi connectivity index (χ3v) is 3.76. The second-order valence-electron chi connectivity index (χ2n) is 4.52. The van der Waals surface area contributed by atoms with Gasteiger partial charge in [0.2, 0.25) is 0 Å². The third kappa shape index (κ3) is 2.53. The molecular weight excluding hydrogens is 365 g/mol. The molecule has 0 aliphatic heterocycles. The summed E-state index contributed by atoms with van der Waals surface area (Å²) < 4.78 is 2.98. The normalized spacial score (nSPS) is 10.7. The molecule has 1 aromatic carbocycles. The smallest absolute Gasteiger partial charge is 0.257 e. The molecule has 0 fully saturated rings. The van der Waals surface area contributed by atoms with E-state index in [1.165, 1.54) is 0 Å². The summed E-state index contributed by atoms with van der Waals surface area (Å²) in [6.07, 6.45) is 5.31. The van der Waals surface area contributed by atoms with E-state index >= 15 is 0 Å². The highest BCUT2D eigenvalue weighted by atomic mass is 127. The molecular formula is C15H12IN3O. The number of anilines is 1. The van der Waals surface area contributed by atoms with Crippen LogP contribution < -0.4 is 5.32 Å². The van der Waals surface area contributed by atoms with Crippen molar-refractivity contribution < 1.29 is 4.79 Å². The van der Waals surface area contributed by atoms with E-state index in [9.17, 15) is 4.79 Å². The maximum atomic E-state index is 12.3. The fraction of sp³-hybridized carbons (Fsp3) is 0.0667. The van der Waals surface area contributed by atoms with Crippen LogP contribution in [0.25, 0.3) is 5.65 Å². The molecule has 3 aromatic rings. The minimum Gasteiger partial charge on any atom is -0.322 e. The third-order valence-electron chi connectivity index (χ3n) is 3.09. The standard InChI is InChI=1S/C15H12IN3O/c1-10-8-12(16)3-4-13(10)18-15(20)11-2-5-14-17-6-7-19(14)9-11/h2-9H,1H3,(H,18,20). The van der Waals surface area contributed by atoms with Gasteiger partial charge in [-0.1, -0.05) is 0 Å². The number of nitrogens with one attached hydrogen (secondary N) is 1. The lowest BCUT2D eigenvalue weighted by Crippen LogP contribution is -2.13. The largest absolute Gasteiger partial charge is 0.322 e. The van der Waals surface area contributed by atoms with Gasteiger partial charge in [-0.15, -0.1) is 0 Å². The summed E-state index contributed by atoms with van der Waals surface area (Å²) >= 11 is 2.25. The molecule has 0 atom stereocenters. The lowest BCUT2D eigenvalue weighted by Gasteiger charge is -2.09. The van der Waals surface area contributed by atoms with Crippen LogP contribution in [0.3, 0.4) is 0 Å². The predicted octanol–water partition coefficient (Wildman–Crippen LogP) is 3.50. The first-order valence-electron chi connectivity index (χ1n) is 6.14. The van der Waals surface area contributed by atoms with Crippen LogP contribution in [0.5, 0.6) is 0 Å². The highest BCUT2D eigenvalue weighted by molar-refractivity contribution is 14.1. The maximum absolute atomic E-state index is 12.3. The molecule has 20 heavy (non-hydrogen) atoms. The summed E-state index contributed by atoms with van der Waals surface area (Å²) in [4.78, 5) is 16.4. The molecule has 2 aromatic heterocycles. The molecule has 2 heterocycles. The molecule has 0 saturated carbocycles. The van der Waals surface area contributed by atoms with Crippen LogP contribution in [0.2, 0.25) is 0 Å². The van der Waals surface area contributed by atoms with Crippen molar-refractivity contribution in [3.8, 4) is 0 Å². The molecule has 0 spiro atoms. The second-order valence-corrected chi connectivity index (χ2v) is 5.77. The minimum atomic E-state index is -0.120. The molecule has 100 valence electrons. The highest BCUT2D eigenvalue weighted by Gasteiger charge is 2.09. The average Bonchev–Trinajstić information content (AvgIpc) is 2.89. The quantitative estimate of drug-likeness (QED) is 0.695. The van der Waals surface area contributed by atoms with Gasteiger partial charge in [-0.2, -0.15) is 0 Å². The van der Waals surface area contributed by atoms with E-state index in [0.29, 0.717) is 5.56 Å². The molecule has 1 amide bonds. The molecule has 0 aliphatic carbocycles. The van der Waals surface area contributed by atoms with Crippen LogP contribution in [-0.4, -0.2) is 15.3 Å². The van der Waals surface area contributed by atoms with E-state index in [2.05, 4.69) is 32.9 Å². The first-order chi connectivity index (χ1) is 9.63.